The van der Waals surface area contributed by atoms with E-state index in [4.69, 9.17) is 9.47 Å². The van der Waals surface area contributed by atoms with Gasteiger partial charge in [-0.2, -0.15) is 0 Å². The lowest BCUT2D eigenvalue weighted by Gasteiger charge is -2.39. The number of aliphatic hydroxyl groups excluding tert-OH is 3. The number of hydrogen-bond acceptors (Lipinski definition) is 8. The fourth-order valence-corrected chi connectivity index (χ4v) is 2.24. The van der Waals surface area contributed by atoms with Crippen LogP contribution in [0.1, 0.15) is 6.92 Å². The Morgan fingerprint density at radius 1 is 1.27 bits per heavy atom. The molecule has 1 fully saturated rings. The Morgan fingerprint density at radius 3 is 2.55 bits per heavy atom. The van der Waals surface area contributed by atoms with Crippen molar-refractivity contribution in [1.82, 2.24) is 0 Å². The summed E-state index contributed by atoms with van der Waals surface area (Å²) in [5, 5.41) is 43.1. The number of nitrogens with zero attached hydrogens (tertiary/aromatic N) is 1. The molecule has 9 heteroatoms. The predicted molar refractivity (Wildman–Crippen MR) is 75.6 cm³/mol. The molecule has 0 saturated carbocycles. The van der Waals surface area contributed by atoms with Crippen molar-refractivity contribution in [1.29, 1.82) is 0 Å². The minimum Gasteiger partial charge on any atom is -0.496 e. The van der Waals surface area contributed by atoms with Gasteiger partial charge in [-0.15, -0.1) is 0 Å². The highest BCUT2D eigenvalue weighted by molar-refractivity contribution is 5.64. The molecular weight excluding hydrogens is 296 g/mol. The van der Waals surface area contributed by atoms with E-state index in [0.29, 0.717) is 5.75 Å². The third kappa shape index (κ3) is 3.12. The molecule has 1 aliphatic heterocycles. The number of ether oxygens (including phenoxy) is 2. The van der Waals surface area contributed by atoms with Crippen LogP contribution >= 0.6 is 0 Å². The maximum atomic E-state index is 11.1. The van der Waals surface area contributed by atoms with E-state index < -0.39 is 35.6 Å². The van der Waals surface area contributed by atoms with Gasteiger partial charge in [-0.25, -0.2) is 0 Å². The number of aliphatic hydroxyl groups is 3. The second-order valence-electron chi connectivity index (χ2n) is 5.02. The van der Waals surface area contributed by atoms with Crippen LogP contribution in [-0.2, 0) is 4.74 Å². The summed E-state index contributed by atoms with van der Waals surface area (Å²) in [7, 11) is 1.39. The quantitative estimate of drug-likeness (QED) is 0.445. The summed E-state index contributed by atoms with van der Waals surface area (Å²) in [5.41, 5.74) is -0.158. The number of nitro groups is 1. The van der Waals surface area contributed by atoms with Crippen LogP contribution in [0.3, 0.4) is 0 Å². The Labute approximate surface area is 126 Å². The Balaban J connectivity index is 2.24. The molecule has 1 aromatic carbocycles. The molecule has 22 heavy (non-hydrogen) atoms. The summed E-state index contributed by atoms with van der Waals surface area (Å²) < 4.78 is 10.3. The number of anilines is 1. The van der Waals surface area contributed by atoms with Crippen LogP contribution in [0.25, 0.3) is 0 Å². The number of methoxy groups -OCH3 is 1. The predicted octanol–water partition coefficient (Wildman–Crippen LogP) is -0.157. The van der Waals surface area contributed by atoms with Gasteiger partial charge in [-0.05, 0) is 19.1 Å². The van der Waals surface area contributed by atoms with Crippen LogP contribution in [-0.4, -0.2) is 58.0 Å². The van der Waals surface area contributed by atoms with Crippen molar-refractivity contribution < 1.29 is 29.7 Å². The lowest BCUT2D eigenvalue weighted by atomic mass is 9.99. The molecule has 0 aliphatic carbocycles. The van der Waals surface area contributed by atoms with Crippen molar-refractivity contribution >= 4 is 11.4 Å². The van der Waals surface area contributed by atoms with E-state index >= 15 is 0 Å². The molecule has 0 unspecified atom stereocenters. The molecule has 1 heterocycles. The molecule has 1 aliphatic rings. The van der Waals surface area contributed by atoms with Crippen molar-refractivity contribution in [3.63, 3.8) is 0 Å². The van der Waals surface area contributed by atoms with Crippen molar-refractivity contribution in [3.05, 3.63) is 28.3 Å². The van der Waals surface area contributed by atoms with E-state index in [9.17, 15) is 25.4 Å². The van der Waals surface area contributed by atoms with Gasteiger partial charge < -0.3 is 30.1 Å². The minimum absolute atomic E-state index is 0.102. The summed E-state index contributed by atoms with van der Waals surface area (Å²) in [4.78, 5) is 10.5. The maximum absolute atomic E-state index is 11.1. The average Bonchev–Trinajstić information content (AvgIpc) is 2.50. The third-order valence-electron chi connectivity index (χ3n) is 3.55. The van der Waals surface area contributed by atoms with Gasteiger partial charge in [0.05, 0.1) is 24.2 Å². The van der Waals surface area contributed by atoms with E-state index in [-0.39, 0.29) is 11.4 Å². The van der Waals surface area contributed by atoms with Gasteiger partial charge in [0.15, 0.2) is 6.23 Å². The molecule has 0 bridgehead atoms. The molecule has 9 nitrogen and oxygen atoms in total. The van der Waals surface area contributed by atoms with Gasteiger partial charge in [0.1, 0.15) is 29.7 Å². The Hall–Kier alpha value is -1.94. The van der Waals surface area contributed by atoms with Crippen LogP contribution in [0.15, 0.2) is 18.2 Å². The van der Waals surface area contributed by atoms with Gasteiger partial charge in [0.25, 0.3) is 5.69 Å². The minimum atomic E-state index is -1.44. The molecule has 122 valence electrons. The van der Waals surface area contributed by atoms with Crippen molar-refractivity contribution in [2.45, 2.75) is 37.6 Å². The lowest BCUT2D eigenvalue weighted by molar-refractivity contribution is -0.384. The van der Waals surface area contributed by atoms with Gasteiger partial charge in [0.2, 0.25) is 0 Å². The van der Waals surface area contributed by atoms with E-state index in [2.05, 4.69) is 5.32 Å². The molecule has 0 spiro atoms. The van der Waals surface area contributed by atoms with E-state index in [1.54, 1.807) is 0 Å². The van der Waals surface area contributed by atoms with Gasteiger partial charge in [0, 0.05) is 0 Å². The Morgan fingerprint density at radius 2 is 1.95 bits per heavy atom. The average molecular weight is 314 g/mol. The summed E-state index contributed by atoms with van der Waals surface area (Å²) >= 11 is 0. The molecule has 0 aromatic heterocycles. The SMILES string of the molecule is COc1ccc(N[C@@H]2O[C@@H](C)[C@H](O)[C@H](O)[C@@H]2O)c([N+](=O)[O-])c1. The first-order valence-corrected chi connectivity index (χ1v) is 6.63. The summed E-state index contributed by atoms with van der Waals surface area (Å²) in [6.45, 7) is 1.52. The fourth-order valence-electron chi connectivity index (χ4n) is 2.24. The highest BCUT2D eigenvalue weighted by Gasteiger charge is 2.42. The number of nitrogens with one attached hydrogen (secondary N) is 1. The first-order valence-electron chi connectivity index (χ1n) is 6.63. The lowest BCUT2D eigenvalue weighted by Crippen LogP contribution is -2.58. The third-order valence-corrected chi connectivity index (χ3v) is 3.55. The highest BCUT2D eigenvalue weighted by atomic mass is 16.6. The molecule has 0 radical (unpaired) electrons. The molecule has 1 saturated heterocycles. The Bertz CT molecular complexity index is 553. The number of nitro benzene ring substituents is 1. The number of rotatable bonds is 4. The van der Waals surface area contributed by atoms with E-state index in [0.717, 1.165) is 0 Å². The second kappa shape index (κ2) is 6.44. The molecule has 5 atom stereocenters. The zero-order valence-corrected chi connectivity index (χ0v) is 12.0. The van der Waals surface area contributed by atoms with Crippen molar-refractivity contribution in [2.75, 3.05) is 12.4 Å². The topological polar surface area (TPSA) is 134 Å². The number of benzene rings is 1. The van der Waals surface area contributed by atoms with Gasteiger partial charge >= 0.3 is 0 Å². The van der Waals surface area contributed by atoms with Crippen LogP contribution in [0.2, 0.25) is 0 Å². The summed E-state index contributed by atoms with van der Waals surface area (Å²) in [6, 6.07) is 4.15. The fraction of sp³-hybridized carbons (Fsp3) is 0.538. The summed E-state index contributed by atoms with van der Waals surface area (Å²) in [6.07, 6.45) is -5.93. The summed E-state index contributed by atoms with van der Waals surface area (Å²) in [5.74, 6) is 0.311. The molecule has 2 rings (SSSR count). The van der Waals surface area contributed by atoms with Gasteiger partial charge in [-0.1, -0.05) is 0 Å². The highest BCUT2D eigenvalue weighted by Crippen LogP contribution is 2.31. The normalized spacial score (nSPS) is 31.6. The largest absolute Gasteiger partial charge is 0.496 e. The molecule has 4 N–H and O–H groups in total. The van der Waals surface area contributed by atoms with Crippen molar-refractivity contribution in [2.24, 2.45) is 0 Å². The standard InChI is InChI=1S/C13H18N2O7/c1-6-10(16)11(17)12(18)13(22-6)14-8-4-3-7(21-2)5-9(8)15(19)20/h3-6,10-14,16-18H,1-2H3/t6-,10-,11-,12-,13+/m0/s1. The van der Waals surface area contributed by atoms with Crippen LogP contribution in [0, 0.1) is 10.1 Å². The molecule has 0 amide bonds. The van der Waals surface area contributed by atoms with Crippen molar-refractivity contribution in [3.8, 4) is 5.75 Å². The van der Waals surface area contributed by atoms with Gasteiger partial charge in [-0.3, -0.25) is 10.1 Å². The maximum Gasteiger partial charge on any atom is 0.296 e. The Kier molecular flexibility index (Phi) is 4.81. The van der Waals surface area contributed by atoms with E-state index in [1.807, 2.05) is 0 Å². The first-order chi connectivity index (χ1) is 10.3. The first kappa shape index (κ1) is 16.4. The molecule has 1 aromatic rings. The monoisotopic (exact) mass is 314 g/mol. The van der Waals surface area contributed by atoms with Crippen LogP contribution in [0.4, 0.5) is 11.4 Å². The number of hydrogen-bond donors (Lipinski definition) is 4. The van der Waals surface area contributed by atoms with E-state index in [1.165, 1.54) is 32.2 Å². The smallest absolute Gasteiger partial charge is 0.296 e. The van der Waals surface area contributed by atoms with Crippen LogP contribution in [0.5, 0.6) is 5.75 Å². The zero-order valence-electron chi connectivity index (χ0n) is 12.0. The second-order valence-corrected chi connectivity index (χ2v) is 5.02. The zero-order chi connectivity index (χ0) is 16.4. The molecular formula is C13H18N2O7. The van der Waals surface area contributed by atoms with Crippen LogP contribution < -0.4 is 10.1 Å².